The number of carbonyl (C=O) groups excluding carboxylic acids is 1. The highest BCUT2D eigenvalue weighted by atomic mass is 35.5. The number of carbonyl (C=O) groups is 1. The number of halogens is 3. The molecule has 0 atom stereocenters. The van der Waals surface area contributed by atoms with Crippen molar-refractivity contribution in [2.45, 2.75) is 54.2 Å². The van der Waals surface area contributed by atoms with Gasteiger partial charge in [-0.05, 0) is 55.0 Å². The molecule has 160 valence electrons. The van der Waals surface area contributed by atoms with Gasteiger partial charge in [-0.15, -0.1) is 0 Å². The predicted octanol–water partition coefficient (Wildman–Crippen LogP) is 4.32. The SMILES string of the molecule is O=C(c1ncc(S(=O)(=O)c2cccc(Cl)c2)c2c1CCCC2)N1CCC(F)(F)CC1. The summed E-state index contributed by atoms with van der Waals surface area (Å²) in [5, 5.41) is 0.312. The molecule has 2 heterocycles. The lowest BCUT2D eigenvalue weighted by Crippen LogP contribution is -2.43. The van der Waals surface area contributed by atoms with E-state index in [9.17, 15) is 22.0 Å². The maximum absolute atomic E-state index is 13.5. The summed E-state index contributed by atoms with van der Waals surface area (Å²) in [6.45, 7) is -0.0737. The second kappa shape index (κ2) is 7.89. The molecule has 5 nitrogen and oxygen atoms in total. The van der Waals surface area contributed by atoms with E-state index < -0.39 is 21.7 Å². The van der Waals surface area contributed by atoms with Crippen LogP contribution < -0.4 is 0 Å². The van der Waals surface area contributed by atoms with Crippen molar-refractivity contribution in [2.24, 2.45) is 0 Å². The quantitative estimate of drug-likeness (QED) is 0.692. The standard InChI is InChI=1S/C21H21ClF2N2O3S/c22-14-4-3-5-15(12-14)30(28,29)18-13-25-19(17-7-2-1-6-16(17)18)20(27)26-10-8-21(23,24)9-11-26/h3-5,12-13H,1-2,6-11H2. The monoisotopic (exact) mass is 454 g/mol. The van der Waals surface area contributed by atoms with Crippen molar-refractivity contribution in [1.29, 1.82) is 0 Å². The lowest BCUT2D eigenvalue weighted by Gasteiger charge is -2.32. The Balaban J connectivity index is 1.74. The number of fused-ring (bicyclic) bond motifs is 1. The maximum Gasteiger partial charge on any atom is 0.272 e. The second-order valence-corrected chi connectivity index (χ2v) is 10.1. The molecule has 0 saturated carbocycles. The molecule has 9 heteroatoms. The fraction of sp³-hybridized carbons (Fsp3) is 0.429. The lowest BCUT2D eigenvalue weighted by molar-refractivity contribution is -0.0495. The molecule has 4 rings (SSSR count). The van der Waals surface area contributed by atoms with E-state index in [1.807, 2.05) is 0 Å². The van der Waals surface area contributed by atoms with Crippen molar-refractivity contribution in [2.75, 3.05) is 13.1 Å². The molecule has 0 unspecified atom stereocenters. The topological polar surface area (TPSA) is 67.3 Å². The van der Waals surface area contributed by atoms with Gasteiger partial charge in [0.25, 0.3) is 11.8 Å². The number of benzene rings is 1. The molecule has 0 bridgehead atoms. The van der Waals surface area contributed by atoms with E-state index in [4.69, 9.17) is 11.6 Å². The van der Waals surface area contributed by atoms with Gasteiger partial charge in [0.05, 0.1) is 9.79 Å². The van der Waals surface area contributed by atoms with E-state index >= 15 is 0 Å². The largest absolute Gasteiger partial charge is 0.337 e. The van der Waals surface area contributed by atoms with Crippen molar-refractivity contribution >= 4 is 27.3 Å². The predicted molar refractivity (Wildman–Crippen MR) is 108 cm³/mol. The summed E-state index contributed by atoms with van der Waals surface area (Å²) in [6, 6.07) is 6.03. The van der Waals surface area contributed by atoms with E-state index in [1.165, 1.54) is 23.2 Å². The van der Waals surface area contributed by atoms with Gasteiger partial charge in [-0.2, -0.15) is 0 Å². The van der Waals surface area contributed by atoms with Crippen molar-refractivity contribution < 1.29 is 22.0 Å². The third kappa shape index (κ3) is 3.95. The van der Waals surface area contributed by atoms with Gasteiger partial charge >= 0.3 is 0 Å². The van der Waals surface area contributed by atoms with Crippen LogP contribution in [0.2, 0.25) is 5.02 Å². The average Bonchev–Trinajstić information content (AvgIpc) is 2.72. The third-order valence-electron chi connectivity index (χ3n) is 5.74. The number of piperidine rings is 1. The Bertz CT molecular complexity index is 1100. The molecule has 1 aliphatic carbocycles. The van der Waals surface area contributed by atoms with Crippen LogP contribution in [0.25, 0.3) is 0 Å². The van der Waals surface area contributed by atoms with E-state index in [0.717, 1.165) is 12.8 Å². The minimum atomic E-state index is -3.86. The molecule has 1 aromatic carbocycles. The highest BCUT2D eigenvalue weighted by Gasteiger charge is 2.37. The molecular weight excluding hydrogens is 434 g/mol. The fourth-order valence-corrected chi connectivity index (χ4v) is 5.87. The number of rotatable bonds is 3. The summed E-state index contributed by atoms with van der Waals surface area (Å²) in [7, 11) is -3.86. The maximum atomic E-state index is 13.5. The first kappa shape index (κ1) is 21.2. The van der Waals surface area contributed by atoms with Crippen LogP contribution in [0.15, 0.2) is 40.3 Å². The fourth-order valence-electron chi connectivity index (χ4n) is 4.08. The van der Waals surface area contributed by atoms with Gasteiger partial charge in [-0.25, -0.2) is 22.2 Å². The van der Waals surface area contributed by atoms with Gasteiger partial charge in [0.2, 0.25) is 9.84 Å². The van der Waals surface area contributed by atoms with Gasteiger partial charge in [0, 0.05) is 37.2 Å². The van der Waals surface area contributed by atoms with E-state index in [2.05, 4.69) is 4.98 Å². The highest BCUT2D eigenvalue weighted by Crippen LogP contribution is 2.34. The first-order valence-corrected chi connectivity index (χ1v) is 11.7. The van der Waals surface area contributed by atoms with Crippen LogP contribution in [0.1, 0.15) is 47.3 Å². The highest BCUT2D eigenvalue weighted by molar-refractivity contribution is 7.91. The molecule has 1 amide bonds. The first-order valence-electron chi connectivity index (χ1n) is 9.87. The molecular formula is C21H21ClF2N2O3S. The molecule has 0 N–H and O–H groups in total. The molecule has 1 aliphatic heterocycles. The van der Waals surface area contributed by atoms with Crippen LogP contribution in [0, 0.1) is 0 Å². The summed E-state index contributed by atoms with van der Waals surface area (Å²) < 4.78 is 53.4. The Labute approximate surface area is 179 Å². The first-order chi connectivity index (χ1) is 14.2. The van der Waals surface area contributed by atoms with Crippen molar-refractivity contribution in [1.82, 2.24) is 9.88 Å². The van der Waals surface area contributed by atoms with Crippen molar-refractivity contribution in [3.8, 4) is 0 Å². The molecule has 0 radical (unpaired) electrons. The van der Waals surface area contributed by atoms with Crippen LogP contribution >= 0.6 is 11.6 Å². The Morgan fingerprint density at radius 3 is 2.43 bits per heavy atom. The zero-order chi connectivity index (χ0) is 21.5. The van der Waals surface area contributed by atoms with Crippen LogP contribution in [-0.2, 0) is 22.7 Å². The van der Waals surface area contributed by atoms with Gasteiger partial charge in [-0.1, -0.05) is 17.7 Å². The number of likely N-dealkylation sites (tertiary alicyclic amines) is 1. The Morgan fingerprint density at radius 2 is 1.77 bits per heavy atom. The van der Waals surface area contributed by atoms with Crippen LogP contribution in [-0.4, -0.2) is 43.2 Å². The summed E-state index contributed by atoms with van der Waals surface area (Å²) in [5.74, 6) is -3.16. The Hall–Kier alpha value is -2.06. The van der Waals surface area contributed by atoms with Gasteiger partial charge < -0.3 is 4.90 Å². The van der Waals surface area contributed by atoms with Gasteiger partial charge in [0.1, 0.15) is 5.69 Å². The Morgan fingerprint density at radius 1 is 1.10 bits per heavy atom. The third-order valence-corrected chi connectivity index (χ3v) is 7.78. The summed E-state index contributed by atoms with van der Waals surface area (Å²) in [6.07, 6.45) is 3.15. The van der Waals surface area contributed by atoms with E-state index in [-0.39, 0.29) is 41.4 Å². The van der Waals surface area contributed by atoms with Crippen molar-refractivity contribution in [3.05, 3.63) is 52.3 Å². The number of hydrogen-bond donors (Lipinski definition) is 0. The zero-order valence-corrected chi connectivity index (χ0v) is 17.8. The minimum Gasteiger partial charge on any atom is -0.337 e. The number of hydrogen-bond acceptors (Lipinski definition) is 4. The molecule has 2 aromatic rings. The van der Waals surface area contributed by atoms with Crippen LogP contribution in [0.5, 0.6) is 0 Å². The van der Waals surface area contributed by atoms with E-state index in [0.29, 0.717) is 29.0 Å². The number of pyridine rings is 1. The second-order valence-electron chi connectivity index (χ2n) is 7.74. The number of amides is 1. The number of aromatic nitrogens is 1. The lowest BCUT2D eigenvalue weighted by atomic mass is 9.90. The van der Waals surface area contributed by atoms with Crippen LogP contribution in [0.4, 0.5) is 8.78 Å². The normalized spacial score (nSPS) is 18.7. The summed E-state index contributed by atoms with van der Waals surface area (Å²) >= 11 is 5.97. The minimum absolute atomic E-state index is 0.0369. The molecule has 1 fully saturated rings. The van der Waals surface area contributed by atoms with Crippen molar-refractivity contribution in [3.63, 3.8) is 0 Å². The zero-order valence-electron chi connectivity index (χ0n) is 16.2. The number of alkyl halides is 2. The van der Waals surface area contributed by atoms with Gasteiger partial charge in [0.15, 0.2) is 0 Å². The Kier molecular flexibility index (Phi) is 5.57. The summed E-state index contributed by atoms with van der Waals surface area (Å²) in [5.41, 5.74) is 1.40. The molecule has 30 heavy (non-hydrogen) atoms. The molecule has 2 aliphatic rings. The smallest absolute Gasteiger partial charge is 0.272 e. The molecule has 0 spiro atoms. The van der Waals surface area contributed by atoms with E-state index in [1.54, 1.807) is 12.1 Å². The van der Waals surface area contributed by atoms with Crippen LogP contribution in [0.3, 0.4) is 0 Å². The molecule has 1 saturated heterocycles. The average molecular weight is 455 g/mol. The number of sulfone groups is 1. The molecule has 1 aromatic heterocycles. The van der Waals surface area contributed by atoms with Gasteiger partial charge in [-0.3, -0.25) is 4.79 Å². The summed E-state index contributed by atoms with van der Waals surface area (Å²) in [4.78, 5) is 18.8. The number of nitrogens with zero attached hydrogens (tertiary/aromatic N) is 2.